The number of nitrogens with one attached hydrogen (secondary N) is 1. The van der Waals surface area contributed by atoms with Crippen molar-refractivity contribution in [3.63, 3.8) is 0 Å². The molecule has 1 amide bonds. The van der Waals surface area contributed by atoms with Crippen molar-refractivity contribution in [2.75, 3.05) is 14.2 Å². The zero-order chi connectivity index (χ0) is 20.8. The standard InChI is InChI=1S/C23H27N3O3/c1-16-13-17(2)26(25-16)15-23(27)24-22(19-7-11-21(29-4)12-8-19)14-18-5-9-20(28-3)10-6-18/h5-13,22H,14-15H2,1-4H3,(H,24,27)/t22-/m0/s1. The summed E-state index contributed by atoms with van der Waals surface area (Å²) in [5.41, 5.74) is 4.00. The number of rotatable bonds is 8. The Bertz CT molecular complexity index is 947. The number of ether oxygens (including phenoxy) is 2. The van der Waals surface area contributed by atoms with Crippen LogP contribution in [0.25, 0.3) is 0 Å². The van der Waals surface area contributed by atoms with Crippen LogP contribution in [0.15, 0.2) is 54.6 Å². The van der Waals surface area contributed by atoms with Gasteiger partial charge in [-0.25, -0.2) is 0 Å². The Kier molecular flexibility index (Phi) is 6.54. The van der Waals surface area contributed by atoms with E-state index in [9.17, 15) is 4.79 Å². The number of benzene rings is 2. The molecule has 1 atom stereocenters. The van der Waals surface area contributed by atoms with Crippen LogP contribution in [0.2, 0.25) is 0 Å². The van der Waals surface area contributed by atoms with E-state index in [2.05, 4.69) is 10.4 Å². The van der Waals surface area contributed by atoms with Gasteiger partial charge in [-0.2, -0.15) is 5.10 Å². The molecule has 0 aliphatic rings. The minimum atomic E-state index is -0.168. The molecule has 3 rings (SSSR count). The molecule has 2 aromatic carbocycles. The molecule has 3 aromatic rings. The maximum atomic E-state index is 12.8. The summed E-state index contributed by atoms with van der Waals surface area (Å²) in [6, 6.07) is 17.5. The summed E-state index contributed by atoms with van der Waals surface area (Å²) in [6.45, 7) is 4.06. The fourth-order valence-electron chi connectivity index (χ4n) is 3.30. The molecule has 6 nitrogen and oxygen atoms in total. The van der Waals surface area contributed by atoms with Gasteiger partial charge in [-0.3, -0.25) is 9.48 Å². The van der Waals surface area contributed by atoms with Gasteiger partial charge in [0, 0.05) is 5.69 Å². The molecule has 0 fully saturated rings. The molecular weight excluding hydrogens is 366 g/mol. The first-order valence-electron chi connectivity index (χ1n) is 9.56. The van der Waals surface area contributed by atoms with E-state index in [1.807, 2.05) is 68.4 Å². The first kappa shape index (κ1) is 20.5. The molecule has 1 N–H and O–H groups in total. The van der Waals surface area contributed by atoms with Crippen LogP contribution in [0, 0.1) is 13.8 Å². The van der Waals surface area contributed by atoms with Gasteiger partial charge in [0.25, 0.3) is 0 Å². The highest BCUT2D eigenvalue weighted by atomic mass is 16.5. The lowest BCUT2D eigenvalue weighted by Crippen LogP contribution is -2.33. The first-order valence-corrected chi connectivity index (χ1v) is 9.56. The predicted molar refractivity (Wildman–Crippen MR) is 112 cm³/mol. The van der Waals surface area contributed by atoms with Crippen molar-refractivity contribution in [1.82, 2.24) is 15.1 Å². The Morgan fingerprint density at radius 1 is 1.00 bits per heavy atom. The van der Waals surface area contributed by atoms with Crippen LogP contribution < -0.4 is 14.8 Å². The summed E-state index contributed by atoms with van der Waals surface area (Å²) in [4.78, 5) is 12.8. The Hall–Kier alpha value is -3.28. The second kappa shape index (κ2) is 9.28. The summed E-state index contributed by atoms with van der Waals surface area (Å²) in [5, 5.41) is 7.54. The van der Waals surface area contributed by atoms with Gasteiger partial charge in [0.15, 0.2) is 0 Å². The minimum Gasteiger partial charge on any atom is -0.497 e. The number of nitrogens with zero attached hydrogens (tertiary/aromatic N) is 2. The molecule has 0 radical (unpaired) electrons. The van der Waals surface area contributed by atoms with E-state index < -0.39 is 0 Å². The van der Waals surface area contributed by atoms with Crippen molar-refractivity contribution in [3.8, 4) is 11.5 Å². The smallest absolute Gasteiger partial charge is 0.242 e. The fourth-order valence-corrected chi connectivity index (χ4v) is 3.30. The Labute approximate surface area is 171 Å². The van der Waals surface area contributed by atoms with Crippen LogP contribution in [0.1, 0.15) is 28.6 Å². The van der Waals surface area contributed by atoms with Crippen LogP contribution >= 0.6 is 0 Å². The molecule has 29 heavy (non-hydrogen) atoms. The highest BCUT2D eigenvalue weighted by molar-refractivity contribution is 5.76. The van der Waals surface area contributed by atoms with Gasteiger partial charge >= 0.3 is 0 Å². The van der Waals surface area contributed by atoms with Crippen molar-refractivity contribution >= 4 is 5.91 Å². The maximum Gasteiger partial charge on any atom is 0.242 e. The van der Waals surface area contributed by atoms with Crippen molar-refractivity contribution in [1.29, 1.82) is 0 Å². The highest BCUT2D eigenvalue weighted by Crippen LogP contribution is 2.23. The third kappa shape index (κ3) is 5.38. The van der Waals surface area contributed by atoms with Crippen molar-refractivity contribution in [2.45, 2.75) is 32.9 Å². The van der Waals surface area contributed by atoms with Gasteiger partial charge in [-0.1, -0.05) is 24.3 Å². The summed E-state index contributed by atoms with van der Waals surface area (Å²) in [7, 11) is 3.29. The predicted octanol–water partition coefficient (Wildman–Crippen LogP) is 3.62. The van der Waals surface area contributed by atoms with E-state index in [0.717, 1.165) is 34.0 Å². The van der Waals surface area contributed by atoms with Crippen LogP contribution in [0.5, 0.6) is 11.5 Å². The molecular formula is C23H27N3O3. The second-order valence-corrected chi connectivity index (χ2v) is 7.03. The van der Waals surface area contributed by atoms with Crippen LogP contribution in [-0.2, 0) is 17.8 Å². The zero-order valence-electron chi connectivity index (χ0n) is 17.3. The molecule has 0 unspecified atom stereocenters. The van der Waals surface area contributed by atoms with E-state index >= 15 is 0 Å². The van der Waals surface area contributed by atoms with Gasteiger partial charge < -0.3 is 14.8 Å². The van der Waals surface area contributed by atoms with Gasteiger partial charge in [-0.05, 0) is 61.7 Å². The third-order valence-corrected chi connectivity index (χ3v) is 4.85. The van der Waals surface area contributed by atoms with E-state index in [1.54, 1.807) is 18.9 Å². The number of carbonyl (C=O) groups is 1. The van der Waals surface area contributed by atoms with Crippen LogP contribution in [-0.4, -0.2) is 29.9 Å². The van der Waals surface area contributed by atoms with E-state index in [-0.39, 0.29) is 18.5 Å². The molecule has 1 aromatic heterocycles. The number of hydrogen-bond donors (Lipinski definition) is 1. The number of amides is 1. The molecule has 0 aliphatic heterocycles. The van der Waals surface area contributed by atoms with Gasteiger partial charge in [-0.15, -0.1) is 0 Å². The quantitative estimate of drug-likeness (QED) is 0.635. The average Bonchev–Trinajstić information content (AvgIpc) is 3.04. The summed E-state index contributed by atoms with van der Waals surface area (Å²) in [6.07, 6.45) is 0.666. The largest absolute Gasteiger partial charge is 0.497 e. The lowest BCUT2D eigenvalue weighted by atomic mass is 9.98. The SMILES string of the molecule is COc1ccc(C[C@H](NC(=O)Cn2nc(C)cc2C)c2ccc(OC)cc2)cc1. The topological polar surface area (TPSA) is 65.4 Å². The number of methoxy groups -OCH3 is 2. The monoisotopic (exact) mass is 393 g/mol. The third-order valence-electron chi connectivity index (χ3n) is 4.85. The summed E-state index contributed by atoms with van der Waals surface area (Å²) in [5.74, 6) is 1.51. The number of aryl methyl sites for hydroxylation is 2. The van der Waals surface area contributed by atoms with Gasteiger partial charge in [0.05, 0.1) is 26.0 Å². The van der Waals surface area contributed by atoms with Crippen molar-refractivity contribution in [3.05, 3.63) is 77.1 Å². The molecule has 1 heterocycles. The lowest BCUT2D eigenvalue weighted by Gasteiger charge is -2.20. The number of hydrogen-bond acceptors (Lipinski definition) is 4. The maximum absolute atomic E-state index is 12.8. The summed E-state index contributed by atoms with van der Waals surface area (Å²) >= 11 is 0. The average molecular weight is 393 g/mol. The Balaban J connectivity index is 1.78. The molecule has 152 valence electrons. The number of aromatic nitrogens is 2. The van der Waals surface area contributed by atoms with Crippen molar-refractivity contribution in [2.24, 2.45) is 0 Å². The van der Waals surface area contributed by atoms with E-state index in [0.29, 0.717) is 6.42 Å². The van der Waals surface area contributed by atoms with Crippen LogP contribution in [0.3, 0.4) is 0 Å². The Morgan fingerprint density at radius 2 is 1.59 bits per heavy atom. The fraction of sp³-hybridized carbons (Fsp3) is 0.304. The minimum absolute atomic E-state index is 0.0782. The molecule has 6 heteroatoms. The second-order valence-electron chi connectivity index (χ2n) is 7.03. The molecule has 0 spiro atoms. The Morgan fingerprint density at radius 3 is 2.10 bits per heavy atom. The molecule has 0 saturated carbocycles. The summed E-state index contributed by atoms with van der Waals surface area (Å²) < 4.78 is 12.2. The number of carbonyl (C=O) groups excluding carboxylic acids is 1. The lowest BCUT2D eigenvalue weighted by molar-refractivity contribution is -0.122. The molecule has 0 bridgehead atoms. The molecule has 0 saturated heterocycles. The van der Waals surface area contributed by atoms with Crippen molar-refractivity contribution < 1.29 is 14.3 Å². The van der Waals surface area contributed by atoms with Gasteiger partial charge in [0.1, 0.15) is 18.0 Å². The highest BCUT2D eigenvalue weighted by Gasteiger charge is 2.17. The zero-order valence-corrected chi connectivity index (χ0v) is 17.3. The first-order chi connectivity index (χ1) is 14.0. The normalized spacial score (nSPS) is 11.7. The van der Waals surface area contributed by atoms with Gasteiger partial charge in [0.2, 0.25) is 5.91 Å². The van der Waals surface area contributed by atoms with E-state index in [1.165, 1.54) is 0 Å². The van der Waals surface area contributed by atoms with Crippen LogP contribution in [0.4, 0.5) is 0 Å². The van der Waals surface area contributed by atoms with E-state index in [4.69, 9.17) is 9.47 Å². The molecule has 0 aliphatic carbocycles.